The third-order valence-corrected chi connectivity index (χ3v) is 0. The van der Waals surface area contributed by atoms with Crippen LogP contribution in [0.25, 0.3) is 0 Å². The van der Waals surface area contributed by atoms with Crippen LogP contribution in [0.3, 0.4) is 0 Å². The Bertz CT molecular complexity index is 10.4. The van der Waals surface area contributed by atoms with Crippen molar-refractivity contribution in [2.75, 3.05) is 0 Å². The molecule has 0 unspecified atom stereocenters. The first kappa shape index (κ1) is 76.2. The van der Waals surface area contributed by atoms with E-state index < -0.39 is 0 Å². The third-order valence-electron chi connectivity index (χ3n) is 0. The Morgan fingerprint density at radius 2 is 0.375 bits per heavy atom. The molecular weight excluding hydrogens is 559 g/mol. The maximum atomic E-state index is 0. The topological polar surface area (TPSA) is 0 Å². The molecule has 0 aliphatic rings. The van der Waals surface area contributed by atoms with E-state index in [1.165, 1.54) is 0 Å². The van der Waals surface area contributed by atoms with E-state index in [0.29, 0.717) is 0 Å². The number of hydrogen-bond donors (Lipinski definition) is 0. The van der Waals surface area contributed by atoms with Gasteiger partial charge in [-0.25, -0.2) is 0 Å². The molecule has 0 saturated heterocycles. The van der Waals surface area contributed by atoms with Crippen molar-refractivity contribution < 1.29 is 19.5 Å². The monoisotopic (exact) mass is 580 g/mol. The van der Waals surface area contributed by atoms with Gasteiger partial charge in [-0.05, 0) is 0 Å². The average Bonchev–Trinajstić information content (AvgIpc) is 0. The summed E-state index contributed by atoms with van der Waals surface area (Å²) in [6.45, 7) is 0. The van der Waals surface area contributed by atoms with Crippen LogP contribution in [0.1, 0.15) is 0 Å². The van der Waals surface area contributed by atoms with Crippen LogP contribution in [0.5, 0.6) is 0 Å². The normalized spacial score (nSPS) is 0. The van der Waals surface area contributed by atoms with Gasteiger partial charge in [-0.3, -0.25) is 0 Å². The van der Waals surface area contributed by atoms with Gasteiger partial charge >= 0.3 is 134 Å². The van der Waals surface area contributed by atoms with Crippen LogP contribution in [-0.4, -0.2) is 134 Å². The quantitative estimate of drug-likeness (QED) is 0.249. The second kappa shape index (κ2) is 59.0. The van der Waals surface area contributed by atoms with Crippen LogP contribution >= 0.6 is 0 Å². The molecule has 0 aliphatic carbocycles. The summed E-state index contributed by atoms with van der Waals surface area (Å²) in [5.41, 5.74) is 0. The Morgan fingerprint density at radius 1 is 0.375 bits per heavy atom. The fraction of sp³-hybridized carbons (Fsp3) is 0. The molecule has 0 fully saturated rings. The Morgan fingerprint density at radius 3 is 0.375 bits per heavy atom. The summed E-state index contributed by atoms with van der Waals surface area (Å²) in [6, 6.07) is 0. The van der Waals surface area contributed by atoms with E-state index in [1.54, 1.807) is 0 Å². The zero-order chi connectivity index (χ0) is 0. The van der Waals surface area contributed by atoms with Gasteiger partial charge in [0.2, 0.25) is 0 Å². The fourth-order valence-electron chi connectivity index (χ4n) is 0. The average molecular weight is 582 g/mol. The summed E-state index contributed by atoms with van der Waals surface area (Å²) in [6.07, 6.45) is 0. The van der Waals surface area contributed by atoms with Crippen molar-refractivity contribution in [2.24, 2.45) is 0 Å². The van der Waals surface area contributed by atoms with Crippen LogP contribution in [0.2, 0.25) is 0 Å². The van der Waals surface area contributed by atoms with E-state index in [0.717, 1.165) is 0 Å². The van der Waals surface area contributed by atoms with Crippen molar-refractivity contribution in [3.05, 3.63) is 0 Å². The standard InChI is InChI=1S/5Ga.2GeH4.Zn.15H/h;;;;;2*1H4;;;;;;;;;;;;;;;;. The van der Waals surface area contributed by atoms with Crippen LogP contribution in [0.4, 0.5) is 0 Å². The first-order valence-corrected chi connectivity index (χ1v) is 0. The Kier molecular flexibility index (Phi) is 562. The predicted octanol–water partition coefficient (Wildman–Crippen LogP) is -8.83. The van der Waals surface area contributed by atoms with Gasteiger partial charge in [-0.2, -0.15) is 0 Å². The molecule has 8 heavy (non-hydrogen) atoms. The molecule has 0 rings (SSSR count). The third kappa shape index (κ3) is 44.5. The summed E-state index contributed by atoms with van der Waals surface area (Å²) in [5, 5.41) is 0. The van der Waals surface area contributed by atoms with Gasteiger partial charge < -0.3 is 0 Å². The summed E-state index contributed by atoms with van der Waals surface area (Å²) in [7, 11) is 0. The number of rotatable bonds is 0. The minimum atomic E-state index is 0. The summed E-state index contributed by atoms with van der Waals surface area (Å²) in [4.78, 5) is 0. The first-order valence-electron chi connectivity index (χ1n) is 0. The zero-order valence-electron chi connectivity index (χ0n) is 0.707. The van der Waals surface area contributed by atoms with Gasteiger partial charge in [0.1, 0.15) is 0 Å². The summed E-state index contributed by atoms with van der Waals surface area (Å²) >= 11 is 0. The molecule has 0 aromatic rings. The molecule has 0 amide bonds. The van der Waals surface area contributed by atoms with Gasteiger partial charge in [0.25, 0.3) is 0 Å². The van der Waals surface area contributed by atoms with E-state index in [4.69, 9.17) is 0 Å². The minimum absolute atomic E-state index is 0. The molecule has 0 atom stereocenters. The summed E-state index contributed by atoms with van der Waals surface area (Å²) in [5.74, 6) is 0. The van der Waals surface area contributed by atoms with E-state index >= 15 is 0 Å². The second-order valence-corrected chi connectivity index (χ2v) is 0. The SMILES string of the molecule is [GaH3].[GaH3].[GaH3].[GaH3].[GaH3].[GeH4].[GeH4].[Zn]. The van der Waals surface area contributed by atoms with Crippen LogP contribution in [0, 0.1) is 0 Å². The van der Waals surface area contributed by atoms with E-state index in [2.05, 4.69) is 0 Å². The van der Waals surface area contributed by atoms with Gasteiger partial charge in [0.15, 0.2) is 0 Å². The van der Waals surface area contributed by atoms with Gasteiger partial charge in [0, 0.05) is 19.5 Å². The molecule has 0 aromatic carbocycles. The van der Waals surface area contributed by atoms with E-state index in [9.17, 15) is 0 Å². The zero-order valence-corrected chi connectivity index (χ0v) is 3.67. The molecule has 0 aliphatic heterocycles. The van der Waals surface area contributed by atoms with Crippen molar-refractivity contribution in [1.29, 1.82) is 0 Å². The van der Waals surface area contributed by atoms with Crippen molar-refractivity contribution >= 4 is 134 Å². The molecule has 0 spiro atoms. The molecule has 0 nitrogen and oxygen atoms in total. The molecule has 0 heterocycles. The van der Waals surface area contributed by atoms with E-state index in [1.807, 2.05) is 0 Å². The maximum Gasteiger partial charge on any atom is 0 e. The van der Waals surface area contributed by atoms with Crippen molar-refractivity contribution in [3.8, 4) is 0 Å². The predicted molar refractivity (Wildman–Crippen MR) is 72.4 cm³/mol. The Balaban J connectivity index is 0. The van der Waals surface area contributed by atoms with Crippen LogP contribution in [-0.2, 0) is 19.5 Å². The van der Waals surface area contributed by atoms with Gasteiger partial charge in [-0.15, -0.1) is 0 Å². The van der Waals surface area contributed by atoms with Gasteiger partial charge in [0.05, 0.1) is 0 Å². The molecule has 0 radical (unpaired) electrons. The first-order chi connectivity index (χ1) is 0. The summed E-state index contributed by atoms with van der Waals surface area (Å²) < 4.78 is 0. The fourth-order valence-corrected chi connectivity index (χ4v) is 0. The molecular formula is H23Ga5Ge2Zn. The van der Waals surface area contributed by atoms with E-state index in [-0.39, 0.29) is 154 Å². The molecule has 0 saturated carbocycles. The molecule has 8 heteroatoms. The van der Waals surface area contributed by atoms with Crippen LogP contribution in [0.15, 0.2) is 0 Å². The molecule has 0 bridgehead atoms. The van der Waals surface area contributed by atoms with Crippen LogP contribution < -0.4 is 0 Å². The molecule has 0 aromatic heterocycles. The Hall–Kier alpha value is 4.89. The largest absolute Gasteiger partial charge is 0 e. The second-order valence-electron chi connectivity index (χ2n) is 0. The smallest absolute Gasteiger partial charge is 0 e. The van der Waals surface area contributed by atoms with Crippen molar-refractivity contribution in [1.82, 2.24) is 0 Å². The Labute approximate surface area is 150 Å². The number of hydrogen-bond acceptors (Lipinski definition) is 0. The van der Waals surface area contributed by atoms with Crippen molar-refractivity contribution in [3.63, 3.8) is 0 Å². The minimum Gasteiger partial charge on any atom is 0 e. The molecule has 48 valence electrons. The van der Waals surface area contributed by atoms with Crippen molar-refractivity contribution in [2.45, 2.75) is 0 Å². The molecule has 0 N–H and O–H groups in total. The van der Waals surface area contributed by atoms with Gasteiger partial charge in [-0.1, -0.05) is 0 Å². The maximum absolute atomic E-state index is 0.